The van der Waals surface area contributed by atoms with Crippen molar-refractivity contribution < 1.29 is 13.2 Å². The van der Waals surface area contributed by atoms with Gasteiger partial charge in [-0.15, -0.1) is 0 Å². The van der Waals surface area contributed by atoms with Crippen LogP contribution in [0.25, 0.3) is 0 Å². The first-order chi connectivity index (χ1) is 11.4. The van der Waals surface area contributed by atoms with Crippen LogP contribution in [-0.2, 0) is 27.3 Å². The van der Waals surface area contributed by atoms with E-state index in [4.69, 9.17) is 0 Å². The Balaban J connectivity index is 1.85. The Morgan fingerprint density at radius 2 is 1.79 bits per heavy atom. The second-order valence-electron chi connectivity index (χ2n) is 6.29. The Hall–Kier alpha value is -1.99. The summed E-state index contributed by atoms with van der Waals surface area (Å²) in [5, 5.41) is 0.0556. The predicted molar refractivity (Wildman–Crippen MR) is 90.0 cm³/mol. The lowest BCUT2D eigenvalue weighted by atomic mass is 9.70. The summed E-state index contributed by atoms with van der Waals surface area (Å²) in [6, 6.07) is 9.64. The zero-order chi connectivity index (χ0) is 17.4. The van der Waals surface area contributed by atoms with Gasteiger partial charge in [0.05, 0.1) is 11.7 Å². The molecule has 0 bridgehead atoms. The Labute approximate surface area is 142 Å². The van der Waals surface area contributed by atoms with E-state index in [1.807, 2.05) is 30.3 Å². The molecule has 1 aliphatic rings. The molecule has 0 unspecified atom stereocenters. The number of Topliss-reactive ketones (excluding diaryl/α,β-unsaturated/α-hetero) is 1. The predicted octanol–water partition coefficient (Wildman–Crippen LogP) is 1.73. The molecule has 1 aromatic heterocycles. The number of hydrogen-bond acceptors (Lipinski definition) is 4. The zero-order valence-corrected chi connectivity index (χ0v) is 14.7. The molecule has 24 heavy (non-hydrogen) atoms. The van der Waals surface area contributed by atoms with Crippen molar-refractivity contribution in [3.05, 3.63) is 48.4 Å². The molecule has 0 radical (unpaired) electrons. The molecule has 1 aliphatic heterocycles. The van der Waals surface area contributed by atoms with Crippen molar-refractivity contribution in [3.8, 4) is 0 Å². The highest BCUT2D eigenvalue weighted by molar-refractivity contribution is 7.89. The second-order valence-corrected chi connectivity index (χ2v) is 8.17. The first kappa shape index (κ1) is 16.9. The van der Waals surface area contributed by atoms with E-state index in [1.165, 1.54) is 16.8 Å². The van der Waals surface area contributed by atoms with Crippen molar-refractivity contribution in [2.75, 3.05) is 13.1 Å². The lowest BCUT2D eigenvalue weighted by Gasteiger charge is -2.39. The van der Waals surface area contributed by atoms with Crippen LogP contribution in [0.15, 0.2) is 47.9 Å². The third-order valence-corrected chi connectivity index (χ3v) is 6.65. The number of carbonyl (C=O) groups is 1. The van der Waals surface area contributed by atoms with E-state index in [2.05, 4.69) is 4.98 Å². The normalized spacial score (nSPS) is 18.4. The van der Waals surface area contributed by atoms with Crippen LogP contribution < -0.4 is 0 Å². The van der Waals surface area contributed by atoms with Gasteiger partial charge >= 0.3 is 0 Å². The summed E-state index contributed by atoms with van der Waals surface area (Å²) >= 11 is 0. The van der Waals surface area contributed by atoms with Gasteiger partial charge in [0.15, 0.2) is 5.03 Å². The van der Waals surface area contributed by atoms with Crippen LogP contribution in [0, 0.1) is 0 Å². The smallest absolute Gasteiger partial charge is 0.262 e. The van der Waals surface area contributed by atoms with Gasteiger partial charge in [0, 0.05) is 26.3 Å². The van der Waals surface area contributed by atoms with Crippen LogP contribution >= 0.6 is 0 Å². The van der Waals surface area contributed by atoms with E-state index in [-0.39, 0.29) is 10.8 Å². The molecule has 6 nitrogen and oxygen atoms in total. The van der Waals surface area contributed by atoms with Gasteiger partial charge in [-0.2, -0.15) is 4.31 Å². The van der Waals surface area contributed by atoms with Crippen LogP contribution in [-0.4, -0.2) is 41.1 Å². The fourth-order valence-corrected chi connectivity index (χ4v) is 4.77. The lowest BCUT2D eigenvalue weighted by Crippen LogP contribution is -2.48. The van der Waals surface area contributed by atoms with E-state index in [0.29, 0.717) is 25.9 Å². The zero-order valence-electron chi connectivity index (χ0n) is 13.8. The molecule has 0 N–H and O–H groups in total. The number of nitrogens with zero attached hydrogens (tertiary/aromatic N) is 3. The van der Waals surface area contributed by atoms with Gasteiger partial charge in [-0.25, -0.2) is 13.4 Å². The van der Waals surface area contributed by atoms with Gasteiger partial charge < -0.3 is 4.57 Å². The molecule has 7 heteroatoms. The third-order valence-electron chi connectivity index (χ3n) is 4.86. The van der Waals surface area contributed by atoms with Crippen molar-refractivity contribution in [1.82, 2.24) is 13.9 Å². The molecule has 3 rings (SSSR count). The first-order valence-electron chi connectivity index (χ1n) is 7.91. The fourth-order valence-electron chi connectivity index (χ4n) is 3.36. The second kappa shape index (κ2) is 6.14. The van der Waals surface area contributed by atoms with E-state index >= 15 is 0 Å². The largest absolute Gasteiger partial charge is 0.339 e. The molecule has 128 valence electrons. The summed E-state index contributed by atoms with van der Waals surface area (Å²) in [4.78, 5) is 16.3. The number of piperidine rings is 1. The Morgan fingerprint density at radius 1 is 1.17 bits per heavy atom. The highest BCUT2D eigenvalue weighted by atomic mass is 32.2. The third kappa shape index (κ3) is 2.78. The standard InChI is InChI=1S/C17H21N3O3S/c1-14(21)17(15-6-4-3-5-7-15)8-10-20(11-9-17)24(22,23)16-12-19(2)13-18-16/h3-7,12-13H,8-11H2,1-2H3. The SMILES string of the molecule is CC(=O)C1(c2ccccc2)CCN(S(=O)(=O)c2cn(C)cn2)CC1. The summed E-state index contributed by atoms with van der Waals surface area (Å²) in [5.41, 5.74) is 0.365. The van der Waals surface area contributed by atoms with Crippen molar-refractivity contribution >= 4 is 15.8 Å². The van der Waals surface area contributed by atoms with Crippen LogP contribution in [0.3, 0.4) is 0 Å². The molecule has 2 aromatic rings. The summed E-state index contributed by atoms with van der Waals surface area (Å²) in [5.74, 6) is 0.0867. The number of ketones is 1. The minimum Gasteiger partial charge on any atom is -0.339 e. The molecular weight excluding hydrogens is 326 g/mol. The molecule has 1 fully saturated rings. The summed E-state index contributed by atoms with van der Waals surface area (Å²) in [6.45, 7) is 2.22. The van der Waals surface area contributed by atoms with Crippen LogP contribution in [0.4, 0.5) is 0 Å². The average molecular weight is 347 g/mol. The highest BCUT2D eigenvalue weighted by Crippen LogP contribution is 2.37. The quantitative estimate of drug-likeness (QED) is 0.844. The Bertz CT molecular complexity index is 835. The van der Waals surface area contributed by atoms with Gasteiger partial charge in [-0.05, 0) is 25.3 Å². The lowest BCUT2D eigenvalue weighted by molar-refractivity contribution is -0.123. The summed E-state index contributed by atoms with van der Waals surface area (Å²) in [7, 11) is -1.87. The number of benzene rings is 1. The van der Waals surface area contributed by atoms with Crippen LogP contribution in [0.2, 0.25) is 0 Å². The van der Waals surface area contributed by atoms with Crippen molar-refractivity contribution in [3.63, 3.8) is 0 Å². The molecule has 1 aromatic carbocycles. The van der Waals surface area contributed by atoms with E-state index in [0.717, 1.165) is 5.56 Å². The Kier molecular flexibility index (Phi) is 4.31. The van der Waals surface area contributed by atoms with Gasteiger partial charge in [-0.1, -0.05) is 30.3 Å². The maximum Gasteiger partial charge on any atom is 0.262 e. The summed E-state index contributed by atoms with van der Waals surface area (Å²) < 4.78 is 28.4. The number of aryl methyl sites for hydroxylation is 1. The first-order valence-corrected chi connectivity index (χ1v) is 9.35. The molecule has 0 saturated carbocycles. The number of sulfonamides is 1. The summed E-state index contributed by atoms with van der Waals surface area (Å²) in [6.07, 6.45) is 3.94. The van der Waals surface area contributed by atoms with Crippen LogP contribution in [0.5, 0.6) is 0 Å². The van der Waals surface area contributed by atoms with Gasteiger partial charge in [-0.3, -0.25) is 4.79 Å². The molecule has 1 saturated heterocycles. The number of aromatic nitrogens is 2. The molecule has 0 aliphatic carbocycles. The number of hydrogen-bond donors (Lipinski definition) is 0. The number of carbonyl (C=O) groups excluding carboxylic acids is 1. The molecular formula is C17H21N3O3S. The van der Waals surface area contributed by atoms with Crippen molar-refractivity contribution in [2.45, 2.75) is 30.2 Å². The van der Waals surface area contributed by atoms with Gasteiger partial charge in [0.25, 0.3) is 10.0 Å². The average Bonchev–Trinajstić information content (AvgIpc) is 3.03. The molecule has 0 amide bonds. The molecule has 0 spiro atoms. The maximum atomic E-state index is 12.7. The minimum atomic E-state index is -3.61. The van der Waals surface area contributed by atoms with Crippen LogP contribution in [0.1, 0.15) is 25.3 Å². The van der Waals surface area contributed by atoms with E-state index in [9.17, 15) is 13.2 Å². The maximum absolute atomic E-state index is 12.7. The Morgan fingerprint density at radius 3 is 2.29 bits per heavy atom. The molecule has 0 atom stereocenters. The van der Waals surface area contributed by atoms with Crippen molar-refractivity contribution in [1.29, 1.82) is 0 Å². The number of rotatable bonds is 4. The van der Waals surface area contributed by atoms with Crippen molar-refractivity contribution in [2.24, 2.45) is 7.05 Å². The van der Waals surface area contributed by atoms with E-state index < -0.39 is 15.4 Å². The van der Waals surface area contributed by atoms with Gasteiger partial charge in [0.2, 0.25) is 0 Å². The monoisotopic (exact) mass is 347 g/mol. The van der Waals surface area contributed by atoms with E-state index in [1.54, 1.807) is 18.5 Å². The minimum absolute atomic E-state index is 0.0556. The number of imidazole rings is 1. The fraction of sp³-hybridized carbons (Fsp3) is 0.412. The topological polar surface area (TPSA) is 72.3 Å². The van der Waals surface area contributed by atoms with Gasteiger partial charge in [0.1, 0.15) is 5.78 Å². The molecule has 2 heterocycles. The highest BCUT2D eigenvalue weighted by Gasteiger charge is 2.43.